The van der Waals surface area contributed by atoms with Crippen molar-refractivity contribution in [2.45, 2.75) is 38.6 Å². The van der Waals surface area contributed by atoms with Gasteiger partial charge in [0.1, 0.15) is 5.82 Å². The van der Waals surface area contributed by atoms with Crippen LogP contribution in [-0.2, 0) is 4.79 Å². The quantitative estimate of drug-likeness (QED) is 0.904. The average molecular weight is 279 g/mol. The molecule has 1 fully saturated rings. The summed E-state index contributed by atoms with van der Waals surface area (Å²) in [7, 11) is 0. The topological polar surface area (TPSA) is 40.5 Å². The number of rotatable bonds is 2. The third kappa shape index (κ3) is 3.18. The van der Waals surface area contributed by atoms with Crippen molar-refractivity contribution in [2.75, 3.05) is 13.1 Å². The predicted octanol–water partition coefficient (Wildman–Crippen LogP) is 3.11. The number of likely N-dealkylation sites (tertiary alicyclic amines) is 1. The van der Waals surface area contributed by atoms with E-state index in [1.807, 2.05) is 0 Å². The van der Waals surface area contributed by atoms with Gasteiger partial charge in [-0.2, -0.15) is 0 Å². The Morgan fingerprint density at radius 3 is 2.40 bits per heavy atom. The maximum absolute atomic E-state index is 13.0. The van der Waals surface area contributed by atoms with Gasteiger partial charge in [0.25, 0.3) is 0 Å². The van der Waals surface area contributed by atoms with Gasteiger partial charge in [-0.25, -0.2) is 4.39 Å². The molecule has 2 atom stereocenters. The van der Waals surface area contributed by atoms with Gasteiger partial charge < -0.3 is 5.11 Å². The predicted molar refractivity (Wildman–Crippen MR) is 76.2 cm³/mol. The Morgan fingerprint density at radius 2 is 1.90 bits per heavy atom. The van der Waals surface area contributed by atoms with Crippen molar-refractivity contribution in [3.8, 4) is 0 Å². The summed E-state index contributed by atoms with van der Waals surface area (Å²) in [5.41, 5.74) is 0.926. The highest BCUT2D eigenvalue weighted by Crippen LogP contribution is 2.35. The van der Waals surface area contributed by atoms with E-state index in [1.54, 1.807) is 12.1 Å². The van der Waals surface area contributed by atoms with E-state index in [4.69, 9.17) is 0 Å². The number of aliphatic carboxylic acids is 1. The monoisotopic (exact) mass is 279 g/mol. The molecule has 3 nitrogen and oxygen atoms in total. The molecule has 20 heavy (non-hydrogen) atoms. The minimum absolute atomic E-state index is 0.0156. The van der Waals surface area contributed by atoms with Gasteiger partial charge in [0.2, 0.25) is 0 Å². The van der Waals surface area contributed by atoms with Gasteiger partial charge in [-0.05, 0) is 51.4 Å². The van der Waals surface area contributed by atoms with Gasteiger partial charge in [0.15, 0.2) is 0 Å². The van der Waals surface area contributed by atoms with Crippen molar-refractivity contribution in [3.05, 3.63) is 35.6 Å². The van der Waals surface area contributed by atoms with Gasteiger partial charge in [-0.1, -0.05) is 12.1 Å². The number of hydrogen-bond acceptors (Lipinski definition) is 2. The summed E-state index contributed by atoms with van der Waals surface area (Å²) in [4.78, 5) is 13.8. The minimum Gasteiger partial charge on any atom is -0.481 e. The largest absolute Gasteiger partial charge is 0.481 e. The third-order valence-corrected chi connectivity index (χ3v) is 4.18. The molecular formula is C16H22FNO2. The van der Waals surface area contributed by atoms with Crippen LogP contribution in [0.15, 0.2) is 24.3 Å². The molecule has 1 aromatic rings. The van der Waals surface area contributed by atoms with Crippen molar-refractivity contribution < 1.29 is 14.3 Å². The summed E-state index contributed by atoms with van der Waals surface area (Å²) in [5, 5.41) is 9.42. The first kappa shape index (κ1) is 15.0. The molecule has 1 aromatic carbocycles. The van der Waals surface area contributed by atoms with Gasteiger partial charge in [0, 0.05) is 18.0 Å². The first-order valence-corrected chi connectivity index (χ1v) is 7.02. The Kier molecular flexibility index (Phi) is 4.14. The number of nitrogens with zero attached hydrogens (tertiary/aromatic N) is 1. The molecule has 110 valence electrons. The summed E-state index contributed by atoms with van der Waals surface area (Å²) in [6, 6.07) is 6.23. The molecule has 0 unspecified atom stereocenters. The molecular weight excluding hydrogens is 257 g/mol. The van der Waals surface area contributed by atoms with E-state index in [1.165, 1.54) is 12.1 Å². The Balaban J connectivity index is 2.27. The van der Waals surface area contributed by atoms with E-state index in [9.17, 15) is 14.3 Å². The number of piperidine rings is 1. The SMILES string of the molecule is CC(C)(C)N1CC[C@@H](C(=O)O)[C@H](c2ccc(F)cc2)C1. The van der Waals surface area contributed by atoms with Crippen LogP contribution in [-0.4, -0.2) is 34.6 Å². The second kappa shape index (κ2) is 5.52. The summed E-state index contributed by atoms with van der Waals surface area (Å²) >= 11 is 0. The Hall–Kier alpha value is -1.42. The highest BCUT2D eigenvalue weighted by atomic mass is 19.1. The molecule has 0 bridgehead atoms. The third-order valence-electron chi connectivity index (χ3n) is 4.18. The molecule has 4 heteroatoms. The fourth-order valence-electron chi connectivity index (χ4n) is 2.90. The first-order valence-electron chi connectivity index (χ1n) is 7.02. The van der Waals surface area contributed by atoms with Gasteiger partial charge >= 0.3 is 5.97 Å². The van der Waals surface area contributed by atoms with Crippen LogP contribution >= 0.6 is 0 Å². The number of hydrogen-bond donors (Lipinski definition) is 1. The lowest BCUT2D eigenvalue weighted by Crippen LogP contribution is -2.50. The maximum atomic E-state index is 13.0. The van der Waals surface area contributed by atoms with Crippen LogP contribution in [0.4, 0.5) is 4.39 Å². The molecule has 1 saturated heterocycles. The van der Waals surface area contributed by atoms with E-state index < -0.39 is 5.97 Å². The molecule has 2 rings (SSSR count). The molecule has 0 amide bonds. The minimum atomic E-state index is -0.757. The zero-order valence-electron chi connectivity index (χ0n) is 12.3. The fourth-order valence-corrected chi connectivity index (χ4v) is 2.90. The van der Waals surface area contributed by atoms with Crippen molar-refractivity contribution in [3.63, 3.8) is 0 Å². The van der Waals surface area contributed by atoms with E-state index in [-0.39, 0.29) is 23.2 Å². The number of benzene rings is 1. The standard InChI is InChI=1S/C16H22FNO2/c1-16(2,3)18-9-8-13(15(19)20)14(10-18)11-4-6-12(17)7-5-11/h4-7,13-14H,8-10H2,1-3H3,(H,19,20)/t13-,14+/m1/s1. The Bertz CT molecular complexity index is 478. The van der Waals surface area contributed by atoms with E-state index in [2.05, 4.69) is 25.7 Å². The van der Waals surface area contributed by atoms with Crippen LogP contribution in [0.3, 0.4) is 0 Å². The van der Waals surface area contributed by atoms with Crippen LogP contribution in [0.25, 0.3) is 0 Å². The zero-order chi connectivity index (χ0) is 14.9. The maximum Gasteiger partial charge on any atom is 0.307 e. The van der Waals surface area contributed by atoms with E-state index >= 15 is 0 Å². The van der Waals surface area contributed by atoms with Crippen LogP contribution < -0.4 is 0 Å². The van der Waals surface area contributed by atoms with E-state index in [0.717, 1.165) is 12.1 Å². The summed E-state index contributed by atoms with van der Waals surface area (Å²) < 4.78 is 13.0. The fraction of sp³-hybridized carbons (Fsp3) is 0.562. The number of carbonyl (C=O) groups is 1. The van der Waals surface area contributed by atoms with Crippen molar-refractivity contribution in [1.29, 1.82) is 0 Å². The molecule has 1 aliphatic rings. The normalized spacial score (nSPS) is 24.6. The van der Waals surface area contributed by atoms with Gasteiger partial charge in [-0.15, -0.1) is 0 Å². The lowest BCUT2D eigenvalue weighted by Gasteiger charge is -2.44. The molecule has 1 N–H and O–H groups in total. The number of carboxylic acids is 1. The average Bonchev–Trinajstić information content (AvgIpc) is 2.37. The molecule has 0 saturated carbocycles. The van der Waals surface area contributed by atoms with E-state index in [0.29, 0.717) is 13.0 Å². The lowest BCUT2D eigenvalue weighted by atomic mass is 9.79. The molecule has 0 aromatic heterocycles. The van der Waals surface area contributed by atoms with Crippen molar-refractivity contribution >= 4 is 5.97 Å². The summed E-state index contributed by atoms with van der Waals surface area (Å²) in [6.45, 7) is 7.89. The Labute approximate surface area is 119 Å². The lowest BCUT2D eigenvalue weighted by molar-refractivity contribution is -0.144. The number of halogens is 1. The summed E-state index contributed by atoms with van der Waals surface area (Å²) in [5.74, 6) is -1.52. The molecule has 1 heterocycles. The van der Waals surface area contributed by atoms with Gasteiger partial charge in [0.05, 0.1) is 5.92 Å². The summed E-state index contributed by atoms with van der Waals surface area (Å²) in [6.07, 6.45) is 0.634. The van der Waals surface area contributed by atoms with Crippen LogP contribution in [0.1, 0.15) is 38.7 Å². The van der Waals surface area contributed by atoms with Crippen LogP contribution in [0.2, 0.25) is 0 Å². The van der Waals surface area contributed by atoms with Gasteiger partial charge in [-0.3, -0.25) is 9.69 Å². The second-order valence-electron chi connectivity index (χ2n) is 6.51. The first-order chi connectivity index (χ1) is 9.29. The smallest absolute Gasteiger partial charge is 0.307 e. The van der Waals surface area contributed by atoms with Crippen LogP contribution in [0.5, 0.6) is 0 Å². The van der Waals surface area contributed by atoms with Crippen molar-refractivity contribution in [1.82, 2.24) is 4.90 Å². The highest BCUT2D eigenvalue weighted by molar-refractivity contribution is 5.71. The Morgan fingerprint density at radius 1 is 1.30 bits per heavy atom. The molecule has 0 aliphatic carbocycles. The molecule has 0 radical (unpaired) electrons. The molecule has 0 spiro atoms. The second-order valence-corrected chi connectivity index (χ2v) is 6.51. The number of carboxylic acid groups (broad SMARTS) is 1. The molecule has 1 aliphatic heterocycles. The van der Waals surface area contributed by atoms with Crippen LogP contribution in [0, 0.1) is 11.7 Å². The highest BCUT2D eigenvalue weighted by Gasteiger charge is 2.38. The van der Waals surface area contributed by atoms with Crippen molar-refractivity contribution in [2.24, 2.45) is 5.92 Å². The zero-order valence-corrected chi connectivity index (χ0v) is 12.3.